The van der Waals surface area contributed by atoms with Crippen molar-refractivity contribution in [2.75, 3.05) is 24.5 Å². The van der Waals surface area contributed by atoms with Crippen LogP contribution in [0.2, 0.25) is 5.15 Å². The Morgan fingerprint density at radius 1 is 1.63 bits per heavy atom. The fraction of sp³-hybridized carbons (Fsp3) is 0.462. The molecule has 5 nitrogen and oxygen atoms in total. The van der Waals surface area contributed by atoms with Gasteiger partial charge in [-0.25, -0.2) is 9.97 Å². The number of carbonyl (C=O) groups is 1. The molecule has 1 fully saturated rings. The molecular weight excluding hydrogens is 264 g/mol. The molecule has 2 rings (SSSR count). The molecule has 1 aliphatic heterocycles. The topological polar surface area (TPSA) is 58.1 Å². The summed E-state index contributed by atoms with van der Waals surface area (Å²) in [5, 5.41) is 3.72. The fourth-order valence-electron chi connectivity index (χ4n) is 1.93. The van der Waals surface area contributed by atoms with Crippen molar-refractivity contribution in [3.63, 3.8) is 0 Å². The van der Waals surface area contributed by atoms with Gasteiger partial charge in [0.15, 0.2) is 17.3 Å². The van der Waals surface area contributed by atoms with E-state index in [9.17, 15) is 4.79 Å². The van der Waals surface area contributed by atoms with Gasteiger partial charge in [-0.2, -0.15) is 0 Å². The van der Waals surface area contributed by atoms with Gasteiger partial charge < -0.3 is 10.2 Å². The second-order valence-electron chi connectivity index (χ2n) is 4.03. The molecule has 1 saturated heterocycles. The number of nitrogens with zero attached hydrogens (tertiary/aromatic N) is 3. The number of hydrogen-bond acceptors (Lipinski definition) is 5. The molecule has 0 saturated carbocycles. The van der Waals surface area contributed by atoms with Crippen LogP contribution in [0.3, 0.4) is 0 Å². The minimum absolute atomic E-state index is 0.265. The molecule has 0 aliphatic carbocycles. The standard InChI is InChI=1S/C11H15ClN4O.C2H2/c1-2-8-6-16(4-3-13-8)11-10(12)15-9(7-17)5-14-11;1-2/h5,7-8,13H,2-4,6H2,1H3;1-2H/t8-;/m0./s1. The largest absolute Gasteiger partial charge is 0.351 e. The van der Waals surface area contributed by atoms with E-state index in [0.29, 0.717) is 23.3 Å². The number of rotatable bonds is 3. The van der Waals surface area contributed by atoms with Crippen molar-refractivity contribution in [2.24, 2.45) is 0 Å². The summed E-state index contributed by atoms with van der Waals surface area (Å²) in [5.41, 5.74) is 0.265. The fourth-order valence-corrected chi connectivity index (χ4v) is 2.20. The van der Waals surface area contributed by atoms with Crippen LogP contribution >= 0.6 is 11.6 Å². The molecule has 1 atom stereocenters. The number of nitrogens with one attached hydrogen (secondary N) is 1. The van der Waals surface area contributed by atoms with E-state index < -0.39 is 0 Å². The van der Waals surface area contributed by atoms with E-state index in [1.165, 1.54) is 6.20 Å². The number of terminal acetylenes is 1. The first-order valence-electron chi connectivity index (χ1n) is 6.04. The van der Waals surface area contributed by atoms with Gasteiger partial charge in [-0.05, 0) is 6.42 Å². The number of aromatic nitrogens is 2. The number of aldehydes is 1. The first kappa shape index (κ1) is 15.4. The van der Waals surface area contributed by atoms with Crippen molar-refractivity contribution in [1.82, 2.24) is 15.3 Å². The first-order valence-corrected chi connectivity index (χ1v) is 6.41. The predicted molar refractivity (Wildman–Crippen MR) is 76.6 cm³/mol. The third-order valence-electron chi connectivity index (χ3n) is 2.90. The molecule has 0 radical (unpaired) electrons. The highest BCUT2D eigenvalue weighted by Gasteiger charge is 2.21. The summed E-state index contributed by atoms with van der Waals surface area (Å²) in [6, 6.07) is 0.451. The maximum absolute atomic E-state index is 10.6. The molecule has 0 spiro atoms. The van der Waals surface area contributed by atoms with E-state index in [-0.39, 0.29) is 5.69 Å². The molecule has 0 aromatic carbocycles. The lowest BCUT2D eigenvalue weighted by atomic mass is 10.1. The van der Waals surface area contributed by atoms with Crippen LogP contribution in [0.5, 0.6) is 0 Å². The van der Waals surface area contributed by atoms with Crippen molar-refractivity contribution in [2.45, 2.75) is 19.4 Å². The van der Waals surface area contributed by atoms with Crippen LogP contribution < -0.4 is 10.2 Å². The summed E-state index contributed by atoms with van der Waals surface area (Å²) in [7, 11) is 0. The zero-order valence-electron chi connectivity index (χ0n) is 10.8. The van der Waals surface area contributed by atoms with Crippen molar-refractivity contribution >= 4 is 23.7 Å². The van der Waals surface area contributed by atoms with Crippen LogP contribution in [0, 0.1) is 12.8 Å². The molecule has 2 heterocycles. The molecule has 0 unspecified atom stereocenters. The number of anilines is 1. The summed E-state index contributed by atoms with van der Waals surface area (Å²) >= 11 is 6.04. The Morgan fingerprint density at radius 2 is 2.37 bits per heavy atom. The minimum atomic E-state index is 0.265. The van der Waals surface area contributed by atoms with Gasteiger partial charge >= 0.3 is 0 Å². The van der Waals surface area contributed by atoms with Crippen LogP contribution in [-0.2, 0) is 0 Å². The summed E-state index contributed by atoms with van der Waals surface area (Å²) in [6.45, 7) is 4.77. The van der Waals surface area contributed by atoms with Crippen molar-refractivity contribution in [1.29, 1.82) is 0 Å². The Kier molecular flexibility index (Phi) is 6.26. The van der Waals surface area contributed by atoms with E-state index in [1.807, 2.05) is 0 Å². The van der Waals surface area contributed by atoms with E-state index in [4.69, 9.17) is 11.6 Å². The Hall–Kier alpha value is -1.64. The number of piperazine rings is 1. The highest BCUT2D eigenvalue weighted by Crippen LogP contribution is 2.22. The number of carbonyl (C=O) groups excluding carboxylic acids is 1. The molecule has 102 valence electrons. The lowest BCUT2D eigenvalue weighted by Crippen LogP contribution is -2.50. The van der Waals surface area contributed by atoms with E-state index in [2.05, 4.69) is 40.0 Å². The molecule has 0 amide bonds. The van der Waals surface area contributed by atoms with Gasteiger partial charge in [0.2, 0.25) is 0 Å². The molecular formula is C13H17ClN4O. The van der Waals surface area contributed by atoms with Gasteiger partial charge in [-0.3, -0.25) is 4.79 Å². The highest BCUT2D eigenvalue weighted by atomic mass is 35.5. The molecule has 19 heavy (non-hydrogen) atoms. The average molecular weight is 281 g/mol. The molecule has 1 aromatic heterocycles. The van der Waals surface area contributed by atoms with Gasteiger partial charge in [0.25, 0.3) is 0 Å². The average Bonchev–Trinajstić information content (AvgIpc) is 2.49. The first-order chi connectivity index (χ1) is 9.24. The maximum Gasteiger partial charge on any atom is 0.172 e. The second kappa shape index (κ2) is 7.72. The van der Waals surface area contributed by atoms with Gasteiger partial charge in [0, 0.05) is 25.7 Å². The van der Waals surface area contributed by atoms with Crippen LogP contribution in [-0.4, -0.2) is 41.9 Å². The Balaban J connectivity index is 0.000000861. The summed E-state index contributed by atoms with van der Waals surface area (Å²) < 4.78 is 0. The number of hydrogen-bond donors (Lipinski definition) is 1. The summed E-state index contributed by atoms with van der Waals surface area (Å²) in [4.78, 5) is 20.9. The lowest BCUT2D eigenvalue weighted by Gasteiger charge is -2.34. The highest BCUT2D eigenvalue weighted by molar-refractivity contribution is 6.31. The van der Waals surface area contributed by atoms with E-state index in [0.717, 1.165) is 26.1 Å². The quantitative estimate of drug-likeness (QED) is 0.670. The van der Waals surface area contributed by atoms with Crippen molar-refractivity contribution in [3.8, 4) is 12.8 Å². The monoisotopic (exact) mass is 280 g/mol. The number of halogens is 1. The SMILES string of the molecule is C#C.CC[C@H]1CN(c2ncc(C=O)nc2Cl)CCN1. The normalized spacial score (nSPS) is 18.3. The van der Waals surface area contributed by atoms with E-state index >= 15 is 0 Å². The Morgan fingerprint density at radius 3 is 2.95 bits per heavy atom. The zero-order chi connectivity index (χ0) is 14.3. The zero-order valence-corrected chi connectivity index (χ0v) is 11.6. The Bertz CT molecular complexity index is 450. The van der Waals surface area contributed by atoms with Crippen LogP contribution in [0.15, 0.2) is 6.20 Å². The van der Waals surface area contributed by atoms with Crippen LogP contribution in [0.1, 0.15) is 23.8 Å². The summed E-state index contributed by atoms with van der Waals surface area (Å²) in [6.07, 6.45) is 11.2. The van der Waals surface area contributed by atoms with Gasteiger partial charge in [0.1, 0.15) is 5.69 Å². The van der Waals surface area contributed by atoms with Gasteiger partial charge in [-0.1, -0.05) is 18.5 Å². The van der Waals surface area contributed by atoms with Crippen LogP contribution in [0.25, 0.3) is 0 Å². The van der Waals surface area contributed by atoms with Crippen LogP contribution in [0.4, 0.5) is 5.82 Å². The molecule has 1 N–H and O–H groups in total. The van der Waals surface area contributed by atoms with E-state index in [1.54, 1.807) is 0 Å². The predicted octanol–water partition coefficient (Wildman–Crippen LogP) is 1.38. The third-order valence-corrected chi connectivity index (χ3v) is 3.15. The molecule has 1 aromatic rings. The maximum atomic E-state index is 10.6. The molecule has 1 aliphatic rings. The van der Waals surface area contributed by atoms with Crippen molar-refractivity contribution in [3.05, 3.63) is 17.0 Å². The summed E-state index contributed by atoms with van der Waals surface area (Å²) in [5.74, 6) is 0.664. The Labute approximate surface area is 118 Å². The minimum Gasteiger partial charge on any atom is -0.351 e. The molecule has 6 heteroatoms. The smallest absolute Gasteiger partial charge is 0.172 e. The van der Waals surface area contributed by atoms with Gasteiger partial charge in [-0.15, -0.1) is 12.8 Å². The molecule has 0 bridgehead atoms. The third kappa shape index (κ3) is 3.91. The van der Waals surface area contributed by atoms with Crippen molar-refractivity contribution < 1.29 is 4.79 Å². The lowest BCUT2D eigenvalue weighted by molar-refractivity contribution is 0.111. The van der Waals surface area contributed by atoms with Gasteiger partial charge in [0.05, 0.1) is 6.20 Å². The second-order valence-corrected chi connectivity index (χ2v) is 4.39.